The fraction of sp³-hybridized carbons (Fsp3) is 0.333. The van der Waals surface area contributed by atoms with E-state index in [0.717, 1.165) is 30.7 Å². The van der Waals surface area contributed by atoms with Gasteiger partial charge in [0, 0.05) is 37.3 Å². The number of nitrogens with zero attached hydrogens (tertiary/aromatic N) is 2. The zero-order valence-electron chi connectivity index (χ0n) is 11.0. The summed E-state index contributed by atoms with van der Waals surface area (Å²) in [4.78, 5) is 8.23. The molecule has 0 aliphatic rings. The van der Waals surface area contributed by atoms with Crippen LogP contribution in [0, 0.1) is 0 Å². The molecule has 0 unspecified atom stereocenters. The van der Waals surface area contributed by atoms with E-state index in [2.05, 4.69) is 9.97 Å². The smallest absolute Gasteiger partial charge is 0.0735 e. The van der Waals surface area contributed by atoms with Gasteiger partial charge >= 0.3 is 0 Å². The standard InChI is InChI=1S/C15H19N3O/c16-11-15-14(4-1-7-18-15)12-19-10-2-3-13-5-8-17-9-6-13/h1,4-9H,2-3,10-12,16H2. The van der Waals surface area contributed by atoms with E-state index in [-0.39, 0.29) is 0 Å². The van der Waals surface area contributed by atoms with E-state index < -0.39 is 0 Å². The SMILES string of the molecule is NCc1ncccc1COCCCc1ccncc1. The van der Waals surface area contributed by atoms with Gasteiger partial charge in [-0.1, -0.05) is 6.07 Å². The maximum absolute atomic E-state index is 5.67. The van der Waals surface area contributed by atoms with E-state index >= 15 is 0 Å². The molecule has 0 saturated carbocycles. The highest BCUT2D eigenvalue weighted by Gasteiger charge is 2.01. The number of hydrogen-bond acceptors (Lipinski definition) is 4. The Hall–Kier alpha value is -1.78. The Morgan fingerprint density at radius 1 is 1.11 bits per heavy atom. The van der Waals surface area contributed by atoms with Crippen molar-refractivity contribution in [2.45, 2.75) is 26.0 Å². The number of nitrogens with two attached hydrogens (primary N) is 1. The first-order chi connectivity index (χ1) is 9.40. The molecule has 0 fully saturated rings. The number of ether oxygens (including phenoxy) is 1. The lowest BCUT2D eigenvalue weighted by atomic mass is 10.1. The van der Waals surface area contributed by atoms with Crippen molar-refractivity contribution in [2.75, 3.05) is 6.61 Å². The Balaban J connectivity index is 1.69. The lowest BCUT2D eigenvalue weighted by molar-refractivity contribution is 0.118. The predicted molar refractivity (Wildman–Crippen MR) is 74.3 cm³/mol. The van der Waals surface area contributed by atoms with E-state index in [9.17, 15) is 0 Å². The molecule has 0 saturated heterocycles. The van der Waals surface area contributed by atoms with Crippen LogP contribution < -0.4 is 5.73 Å². The summed E-state index contributed by atoms with van der Waals surface area (Å²) in [5.74, 6) is 0. The summed E-state index contributed by atoms with van der Waals surface area (Å²) in [5.41, 5.74) is 8.92. The Bertz CT molecular complexity index is 488. The number of aryl methyl sites for hydroxylation is 1. The maximum atomic E-state index is 5.67. The molecular formula is C15H19N3O. The van der Waals surface area contributed by atoms with Crippen molar-refractivity contribution in [3.63, 3.8) is 0 Å². The van der Waals surface area contributed by atoms with Gasteiger partial charge in [0.25, 0.3) is 0 Å². The summed E-state index contributed by atoms with van der Waals surface area (Å²) in [6.07, 6.45) is 7.41. The van der Waals surface area contributed by atoms with Crippen molar-refractivity contribution >= 4 is 0 Å². The molecule has 2 N–H and O–H groups in total. The lowest BCUT2D eigenvalue weighted by Crippen LogP contribution is -2.06. The van der Waals surface area contributed by atoms with Gasteiger partial charge in [-0.25, -0.2) is 0 Å². The summed E-state index contributed by atoms with van der Waals surface area (Å²) in [5, 5.41) is 0. The Morgan fingerprint density at radius 2 is 1.95 bits per heavy atom. The van der Waals surface area contributed by atoms with Crippen LogP contribution in [0.25, 0.3) is 0 Å². The van der Waals surface area contributed by atoms with Crippen LogP contribution in [-0.2, 0) is 24.3 Å². The predicted octanol–water partition coefficient (Wildman–Crippen LogP) is 2.08. The fourth-order valence-electron chi connectivity index (χ4n) is 1.90. The molecule has 0 radical (unpaired) electrons. The molecule has 4 nitrogen and oxygen atoms in total. The van der Waals surface area contributed by atoms with E-state index in [1.807, 2.05) is 36.7 Å². The molecule has 2 rings (SSSR count). The van der Waals surface area contributed by atoms with Crippen LogP contribution in [0.1, 0.15) is 23.2 Å². The zero-order valence-corrected chi connectivity index (χ0v) is 11.0. The van der Waals surface area contributed by atoms with Gasteiger partial charge in [-0.05, 0) is 36.6 Å². The first-order valence-electron chi connectivity index (χ1n) is 6.49. The average molecular weight is 257 g/mol. The Morgan fingerprint density at radius 3 is 2.74 bits per heavy atom. The Kier molecular flexibility index (Phi) is 5.47. The minimum atomic E-state index is 0.455. The highest BCUT2D eigenvalue weighted by molar-refractivity contribution is 5.18. The van der Waals surface area contributed by atoms with Crippen LogP contribution in [-0.4, -0.2) is 16.6 Å². The van der Waals surface area contributed by atoms with Gasteiger partial charge in [0.1, 0.15) is 0 Å². The third-order valence-electron chi connectivity index (χ3n) is 2.94. The van der Waals surface area contributed by atoms with Crippen molar-refractivity contribution < 1.29 is 4.74 Å². The number of pyridine rings is 2. The molecule has 2 aromatic heterocycles. The second kappa shape index (κ2) is 7.61. The van der Waals surface area contributed by atoms with Gasteiger partial charge in [-0.2, -0.15) is 0 Å². The highest BCUT2D eigenvalue weighted by atomic mass is 16.5. The molecule has 0 aliphatic heterocycles. The second-order valence-corrected chi connectivity index (χ2v) is 4.32. The lowest BCUT2D eigenvalue weighted by Gasteiger charge is -2.07. The highest BCUT2D eigenvalue weighted by Crippen LogP contribution is 2.07. The molecule has 4 heteroatoms. The molecule has 0 spiro atoms. The monoisotopic (exact) mass is 257 g/mol. The molecule has 0 aliphatic carbocycles. The van der Waals surface area contributed by atoms with Gasteiger partial charge in [0.15, 0.2) is 0 Å². The summed E-state index contributed by atoms with van der Waals surface area (Å²) in [6.45, 7) is 1.77. The van der Waals surface area contributed by atoms with Crippen LogP contribution in [0.4, 0.5) is 0 Å². The second-order valence-electron chi connectivity index (χ2n) is 4.32. The van der Waals surface area contributed by atoms with Gasteiger partial charge in [-0.15, -0.1) is 0 Å². The topological polar surface area (TPSA) is 61.0 Å². The number of rotatable bonds is 7. The average Bonchev–Trinajstić information content (AvgIpc) is 2.48. The molecule has 0 bridgehead atoms. The van der Waals surface area contributed by atoms with Crippen molar-refractivity contribution in [1.82, 2.24) is 9.97 Å². The maximum Gasteiger partial charge on any atom is 0.0735 e. The third-order valence-corrected chi connectivity index (χ3v) is 2.94. The molecule has 100 valence electrons. The van der Waals surface area contributed by atoms with E-state index in [0.29, 0.717) is 13.2 Å². The van der Waals surface area contributed by atoms with Crippen LogP contribution in [0.3, 0.4) is 0 Å². The molecule has 19 heavy (non-hydrogen) atoms. The quantitative estimate of drug-likeness (QED) is 0.771. The first kappa shape index (κ1) is 13.6. The van der Waals surface area contributed by atoms with Gasteiger partial charge in [0.05, 0.1) is 12.3 Å². The van der Waals surface area contributed by atoms with Crippen molar-refractivity contribution in [2.24, 2.45) is 5.73 Å². The fourth-order valence-corrected chi connectivity index (χ4v) is 1.90. The van der Waals surface area contributed by atoms with Crippen molar-refractivity contribution in [1.29, 1.82) is 0 Å². The van der Waals surface area contributed by atoms with Crippen LogP contribution in [0.5, 0.6) is 0 Å². The van der Waals surface area contributed by atoms with E-state index in [1.165, 1.54) is 5.56 Å². The molecule has 0 amide bonds. The van der Waals surface area contributed by atoms with Crippen LogP contribution in [0.15, 0.2) is 42.9 Å². The first-order valence-corrected chi connectivity index (χ1v) is 6.49. The number of hydrogen-bond donors (Lipinski definition) is 1. The van der Waals surface area contributed by atoms with Crippen molar-refractivity contribution in [3.05, 3.63) is 59.7 Å². The van der Waals surface area contributed by atoms with Gasteiger partial charge < -0.3 is 10.5 Å². The third kappa shape index (κ3) is 4.43. The van der Waals surface area contributed by atoms with Gasteiger partial charge in [0.2, 0.25) is 0 Å². The molecule has 0 aromatic carbocycles. The minimum Gasteiger partial charge on any atom is -0.377 e. The number of aromatic nitrogens is 2. The van der Waals surface area contributed by atoms with Crippen LogP contribution >= 0.6 is 0 Å². The summed E-state index contributed by atoms with van der Waals surface area (Å²) < 4.78 is 5.67. The molecular weight excluding hydrogens is 238 g/mol. The van der Waals surface area contributed by atoms with Crippen LogP contribution in [0.2, 0.25) is 0 Å². The summed E-state index contributed by atoms with van der Waals surface area (Å²) in [6, 6.07) is 7.99. The molecule has 2 heterocycles. The normalized spacial score (nSPS) is 10.6. The summed E-state index contributed by atoms with van der Waals surface area (Å²) >= 11 is 0. The van der Waals surface area contributed by atoms with Crippen molar-refractivity contribution in [3.8, 4) is 0 Å². The zero-order chi connectivity index (χ0) is 13.3. The minimum absolute atomic E-state index is 0.455. The molecule has 0 atom stereocenters. The van der Waals surface area contributed by atoms with E-state index in [4.69, 9.17) is 10.5 Å². The summed E-state index contributed by atoms with van der Waals surface area (Å²) in [7, 11) is 0. The van der Waals surface area contributed by atoms with Gasteiger partial charge in [-0.3, -0.25) is 9.97 Å². The molecule has 2 aromatic rings. The Labute approximate surface area is 113 Å². The van der Waals surface area contributed by atoms with E-state index in [1.54, 1.807) is 6.20 Å². The largest absolute Gasteiger partial charge is 0.377 e.